The van der Waals surface area contributed by atoms with E-state index in [0.29, 0.717) is 63.6 Å². The summed E-state index contributed by atoms with van der Waals surface area (Å²) in [5.41, 5.74) is 0.812. The second-order valence-corrected chi connectivity index (χ2v) is 8.70. The molecule has 0 radical (unpaired) electrons. The van der Waals surface area contributed by atoms with Crippen molar-refractivity contribution in [3.8, 4) is 5.75 Å². The number of rotatable bonds is 5. The Morgan fingerprint density at radius 2 is 1.94 bits per heavy atom. The van der Waals surface area contributed by atoms with Gasteiger partial charge in [-0.1, -0.05) is 0 Å². The SMILES string of the molecule is CN1C(=O)CCc2nc(N3CCC(Oc4ccc(F)cc4F)CC3)c(N[C@@H]3CCOC3)nc21. The van der Waals surface area contributed by atoms with Crippen molar-refractivity contribution < 1.29 is 23.0 Å². The molecule has 0 saturated carbocycles. The van der Waals surface area contributed by atoms with Crippen LogP contribution in [0.25, 0.3) is 0 Å². The molecule has 2 fully saturated rings. The number of hydrogen-bond acceptors (Lipinski definition) is 7. The normalized spacial score (nSPS) is 21.3. The molecule has 1 N–H and O–H groups in total. The first-order valence-corrected chi connectivity index (χ1v) is 11.4. The van der Waals surface area contributed by atoms with E-state index in [9.17, 15) is 13.6 Å². The topological polar surface area (TPSA) is 79.8 Å². The fraction of sp³-hybridized carbons (Fsp3) is 0.522. The summed E-state index contributed by atoms with van der Waals surface area (Å²) in [7, 11) is 1.73. The summed E-state index contributed by atoms with van der Waals surface area (Å²) in [6.07, 6.45) is 3.02. The van der Waals surface area contributed by atoms with Gasteiger partial charge in [-0.05, 0) is 18.6 Å². The number of fused-ring (bicyclic) bond motifs is 1. The highest BCUT2D eigenvalue weighted by Crippen LogP contribution is 2.33. The lowest BCUT2D eigenvalue weighted by Gasteiger charge is -2.35. The Hall–Kier alpha value is -3.01. The van der Waals surface area contributed by atoms with Crippen LogP contribution in [0.4, 0.5) is 26.2 Å². The Labute approximate surface area is 190 Å². The third-order valence-electron chi connectivity index (χ3n) is 6.40. The second kappa shape index (κ2) is 9.09. The number of nitrogens with zero attached hydrogens (tertiary/aromatic N) is 4. The Bertz CT molecular complexity index is 1040. The maximum Gasteiger partial charge on any atom is 0.228 e. The number of amides is 1. The van der Waals surface area contributed by atoms with Crippen LogP contribution in [-0.4, -0.2) is 61.4 Å². The zero-order valence-electron chi connectivity index (χ0n) is 18.5. The molecule has 1 atom stereocenters. The first kappa shape index (κ1) is 21.8. The van der Waals surface area contributed by atoms with Gasteiger partial charge in [-0.25, -0.2) is 18.7 Å². The lowest BCUT2D eigenvalue weighted by Crippen LogP contribution is -2.40. The molecule has 1 amide bonds. The van der Waals surface area contributed by atoms with Crippen LogP contribution in [0, 0.1) is 11.6 Å². The van der Waals surface area contributed by atoms with Crippen LogP contribution in [0.2, 0.25) is 0 Å². The fourth-order valence-electron chi connectivity index (χ4n) is 4.49. The molecule has 1 aromatic carbocycles. The van der Waals surface area contributed by atoms with Crippen molar-refractivity contribution in [2.75, 3.05) is 48.5 Å². The van der Waals surface area contributed by atoms with Crippen LogP contribution >= 0.6 is 0 Å². The van der Waals surface area contributed by atoms with Gasteiger partial charge in [0, 0.05) is 58.5 Å². The lowest BCUT2D eigenvalue weighted by molar-refractivity contribution is -0.118. The average Bonchev–Trinajstić information content (AvgIpc) is 3.32. The number of aryl methyl sites for hydroxylation is 1. The molecule has 3 aliphatic heterocycles. The third kappa shape index (κ3) is 4.57. The predicted octanol–water partition coefficient (Wildman–Crippen LogP) is 2.91. The molecule has 10 heteroatoms. The molecule has 0 spiro atoms. The molecule has 33 heavy (non-hydrogen) atoms. The number of ether oxygens (including phenoxy) is 2. The number of aromatic nitrogens is 2. The van der Waals surface area contributed by atoms with E-state index in [1.165, 1.54) is 12.1 Å². The summed E-state index contributed by atoms with van der Waals surface area (Å²) in [6, 6.07) is 3.50. The van der Waals surface area contributed by atoms with Gasteiger partial charge in [-0.15, -0.1) is 0 Å². The molecule has 0 unspecified atom stereocenters. The van der Waals surface area contributed by atoms with Gasteiger partial charge >= 0.3 is 0 Å². The Morgan fingerprint density at radius 3 is 2.67 bits per heavy atom. The van der Waals surface area contributed by atoms with Gasteiger partial charge in [0.15, 0.2) is 29.0 Å². The quantitative estimate of drug-likeness (QED) is 0.737. The molecule has 2 saturated heterocycles. The molecule has 1 aromatic heterocycles. The Morgan fingerprint density at radius 1 is 1.12 bits per heavy atom. The van der Waals surface area contributed by atoms with Gasteiger partial charge in [0.1, 0.15) is 11.9 Å². The van der Waals surface area contributed by atoms with E-state index in [0.717, 1.165) is 24.0 Å². The number of carbonyl (C=O) groups excluding carboxylic acids is 1. The summed E-state index contributed by atoms with van der Waals surface area (Å²) in [4.78, 5) is 25.6. The highest BCUT2D eigenvalue weighted by Gasteiger charge is 2.30. The van der Waals surface area contributed by atoms with Gasteiger partial charge in [0.05, 0.1) is 18.3 Å². The maximum atomic E-state index is 14.0. The first-order valence-electron chi connectivity index (χ1n) is 11.4. The van der Waals surface area contributed by atoms with Crippen molar-refractivity contribution in [1.29, 1.82) is 0 Å². The van der Waals surface area contributed by atoms with E-state index in [1.54, 1.807) is 11.9 Å². The minimum atomic E-state index is -0.693. The standard InChI is InChI=1S/C23H27F2N5O3/c1-29-20(31)5-3-18-22(29)28-21(26-15-8-11-32-13-15)23(27-18)30-9-6-16(7-10-30)33-19-4-2-14(24)12-17(19)25/h2,4,12,15-16H,3,5-11,13H2,1H3,(H,26,28)/t15-/m1/s1. The van der Waals surface area contributed by atoms with Crippen molar-refractivity contribution in [3.05, 3.63) is 35.5 Å². The van der Waals surface area contributed by atoms with Gasteiger partial charge < -0.3 is 19.7 Å². The monoisotopic (exact) mass is 459 g/mol. The molecular weight excluding hydrogens is 432 g/mol. The van der Waals surface area contributed by atoms with E-state index >= 15 is 0 Å². The van der Waals surface area contributed by atoms with E-state index < -0.39 is 11.6 Å². The second-order valence-electron chi connectivity index (χ2n) is 8.70. The van der Waals surface area contributed by atoms with E-state index in [2.05, 4.69) is 10.2 Å². The number of benzene rings is 1. The van der Waals surface area contributed by atoms with Crippen molar-refractivity contribution >= 4 is 23.4 Å². The summed E-state index contributed by atoms with van der Waals surface area (Å²) in [6.45, 7) is 2.62. The van der Waals surface area contributed by atoms with E-state index in [4.69, 9.17) is 19.4 Å². The van der Waals surface area contributed by atoms with E-state index in [1.807, 2.05) is 0 Å². The Balaban J connectivity index is 1.34. The van der Waals surface area contributed by atoms with Crippen LogP contribution in [0.1, 0.15) is 31.4 Å². The third-order valence-corrected chi connectivity index (χ3v) is 6.40. The summed E-state index contributed by atoms with van der Waals surface area (Å²) < 4.78 is 38.4. The predicted molar refractivity (Wildman–Crippen MR) is 119 cm³/mol. The molecule has 8 nitrogen and oxygen atoms in total. The number of piperidine rings is 1. The Kier molecular flexibility index (Phi) is 6.01. The number of halogens is 2. The van der Waals surface area contributed by atoms with Gasteiger partial charge in [-0.3, -0.25) is 9.69 Å². The summed E-state index contributed by atoms with van der Waals surface area (Å²) >= 11 is 0. The summed E-state index contributed by atoms with van der Waals surface area (Å²) in [5, 5.41) is 3.46. The van der Waals surface area contributed by atoms with Crippen LogP contribution in [0.15, 0.2) is 18.2 Å². The zero-order chi connectivity index (χ0) is 22.9. The highest BCUT2D eigenvalue weighted by molar-refractivity contribution is 5.95. The summed E-state index contributed by atoms with van der Waals surface area (Å²) in [5.74, 6) is 0.791. The van der Waals surface area contributed by atoms with Gasteiger partial charge in [0.2, 0.25) is 5.91 Å². The van der Waals surface area contributed by atoms with Crippen molar-refractivity contribution in [2.45, 2.75) is 44.2 Å². The van der Waals surface area contributed by atoms with Crippen molar-refractivity contribution in [3.63, 3.8) is 0 Å². The molecule has 3 aliphatic rings. The van der Waals surface area contributed by atoms with Gasteiger partial charge in [-0.2, -0.15) is 0 Å². The minimum Gasteiger partial charge on any atom is -0.487 e. The molecule has 2 aromatic rings. The van der Waals surface area contributed by atoms with Crippen LogP contribution < -0.4 is 19.9 Å². The molecule has 176 valence electrons. The average molecular weight is 459 g/mol. The molecule has 4 heterocycles. The van der Waals surface area contributed by atoms with Crippen molar-refractivity contribution in [2.24, 2.45) is 0 Å². The van der Waals surface area contributed by atoms with Gasteiger partial charge in [0.25, 0.3) is 0 Å². The minimum absolute atomic E-state index is 0.0330. The maximum absolute atomic E-state index is 14.0. The lowest BCUT2D eigenvalue weighted by atomic mass is 10.1. The van der Waals surface area contributed by atoms with Crippen molar-refractivity contribution in [1.82, 2.24) is 9.97 Å². The molecule has 0 aliphatic carbocycles. The molecule has 0 bridgehead atoms. The zero-order valence-corrected chi connectivity index (χ0v) is 18.5. The van der Waals surface area contributed by atoms with Crippen LogP contribution in [0.3, 0.4) is 0 Å². The highest BCUT2D eigenvalue weighted by atomic mass is 19.1. The van der Waals surface area contributed by atoms with Crippen LogP contribution in [-0.2, 0) is 16.0 Å². The first-order chi connectivity index (χ1) is 16.0. The molecular formula is C23H27F2N5O3. The van der Waals surface area contributed by atoms with E-state index in [-0.39, 0.29) is 23.8 Å². The largest absolute Gasteiger partial charge is 0.487 e. The fourth-order valence-corrected chi connectivity index (χ4v) is 4.49. The number of carbonyl (C=O) groups is 1. The number of hydrogen-bond donors (Lipinski definition) is 1. The smallest absolute Gasteiger partial charge is 0.228 e. The van der Waals surface area contributed by atoms with Crippen LogP contribution in [0.5, 0.6) is 5.75 Å². The number of nitrogens with one attached hydrogen (secondary N) is 1. The molecule has 5 rings (SSSR count). The number of anilines is 3.